The van der Waals surface area contributed by atoms with Gasteiger partial charge in [0.1, 0.15) is 5.82 Å². The second-order valence-corrected chi connectivity index (χ2v) is 4.95. The molecule has 3 aromatic rings. The van der Waals surface area contributed by atoms with E-state index in [0.29, 0.717) is 17.0 Å². The average molecular weight is 313 g/mol. The fourth-order valence-electron chi connectivity index (χ4n) is 1.91. The standard InChI is InChI=1S/C15H12FN5S/c16-12-6-4-11(5-7-12)9-14-19-20-15(22)21(14)18-10-13-3-1-2-8-17-13/h1-8,10H,9H2,(H,20,22)/b18-10-. The van der Waals surface area contributed by atoms with Gasteiger partial charge in [-0.3, -0.25) is 10.1 Å². The zero-order valence-corrected chi connectivity index (χ0v) is 12.3. The molecule has 0 atom stereocenters. The van der Waals surface area contributed by atoms with Crippen molar-refractivity contribution < 1.29 is 4.39 Å². The lowest BCUT2D eigenvalue weighted by Gasteiger charge is -2.01. The van der Waals surface area contributed by atoms with Gasteiger partial charge in [-0.15, -0.1) is 0 Å². The minimum Gasteiger partial charge on any atom is -0.255 e. The molecule has 0 amide bonds. The molecule has 0 aliphatic heterocycles. The minimum absolute atomic E-state index is 0.268. The first-order valence-electron chi connectivity index (χ1n) is 6.58. The largest absolute Gasteiger partial charge is 0.255 e. The van der Waals surface area contributed by atoms with E-state index >= 15 is 0 Å². The number of benzene rings is 1. The van der Waals surface area contributed by atoms with Crippen molar-refractivity contribution in [3.05, 3.63) is 76.3 Å². The molecule has 2 heterocycles. The summed E-state index contributed by atoms with van der Waals surface area (Å²) in [6.07, 6.45) is 3.79. The van der Waals surface area contributed by atoms with E-state index in [1.165, 1.54) is 16.8 Å². The van der Waals surface area contributed by atoms with Crippen molar-refractivity contribution in [1.29, 1.82) is 0 Å². The Hall–Kier alpha value is -2.67. The summed E-state index contributed by atoms with van der Waals surface area (Å²) in [6, 6.07) is 11.8. The Kier molecular flexibility index (Phi) is 4.15. The highest BCUT2D eigenvalue weighted by molar-refractivity contribution is 7.71. The maximum absolute atomic E-state index is 12.9. The molecular formula is C15H12FN5S. The third-order valence-electron chi connectivity index (χ3n) is 2.99. The predicted molar refractivity (Wildman–Crippen MR) is 83.8 cm³/mol. The quantitative estimate of drug-likeness (QED) is 0.595. The smallest absolute Gasteiger partial charge is 0.216 e. The molecule has 0 saturated heterocycles. The van der Waals surface area contributed by atoms with Crippen molar-refractivity contribution in [2.45, 2.75) is 6.42 Å². The fourth-order valence-corrected chi connectivity index (χ4v) is 2.11. The molecule has 110 valence electrons. The van der Waals surface area contributed by atoms with Crippen molar-refractivity contribution in [2.24, 2.45) is 5.10 Å². The molecule has 0 saturated carbocycles. The number of rotatable bonds is 4. The van der Waals surface area contributed by atoms with Crippen LogP contribution in [0.15, 0.2) is 53.8 Å². The van der Waals surface area contributed by atoms with Crippen molar-refractivity contribution >= 4 is 18.4 Å². The molecule has 5 nitrogen and oxygen atoms in total. The lowest BCUT2D eigenvalue weighted by atomic mass is 10.1. The highest BCUT2D eigenvalue weighted by Gasteiger charge is 2.06. The third-order valence-corrected chi connectivity index (χ3v) is 3.25. The van der Waals surface area contributed by atoms with Crippen LogP contribution in [-0.4, -0.2) is 26.1 Å². The number of hydrogen-bond acceptors (Lipinski definition) is 4. The Morgan fingerprint density at radius 2 is 2.05 bits per heavy atom. The van der Waals surface area contributed by atoms with Crippen LogP contribution >= 0.6 is 12.2 Å². The van der Waals surface area contributed by atoms with E-state index < -0.39 is 0 Å². The molecule has 0 aliphatic rings. The van der Waals surface area contributed by atoms with E-state index in [9.17, 15) is 4.39 Å². The molecule has 1 N–H and O–H groups in total. The van der Waals surface area contributed by atoms with Gasteiger partial charge in [-0.1, -0.05) is 18.2 Å². The first-order valence-corrected chi connectivity index (χ1v) is 6.99. The molecule has 0 unspecified atom stereocenters. The Morgan fingerprint density at radius 1 is 1.23 bits per heavy atom. The van der Waals surface area contributed by atoms with E-state index in [4.69, 9.17) is 12.2 Å². The number of aromatic nitrogens is 4. The van der Waals surface area contributed by atoms with Gasteiger partial charge in [0.15, 0.2) is 5.82 Å². The highest BCUT2D eigenvalue weighted by Crippen LogP contribution is 2.09. The summed E-state index contributed by atoms with van der Waals surface area (Å²) in [4.78, 5) is 4.16. The lowest BCUT2D eigenvalue weighted by Crippen LogP contribution is -2.01. The van der Waals surface area contributed by atoms with Crippen LogP contribution in [0.3, 0.4) is 0 Å². The molecule has 22 heavy (non-hydrogen) atoms. The van der Waals surface area contributed by atoms with Crippen LogP contribution in [0.1, 0.15) is 17.1 Å². The van der Waals surface area contributed by atoms with Gasteiger partial charge in [-0.05, 0) is 42.0 Å². The molecular weight excluding hydrogens is 301 g/mol. The maximum atomic E-state index is 12.9. The summed E-state index contributed by atoms with van der Waals surface area (Å²) in [5.41, 5.74) is 1.64. The Bertz CT molecular complexity index is 836. The van der Waals surface area contributed by atoms with Crippen molar-refractivity contribution in [2.75, 3.05) is 0 Å². The second kappa shape index (κ2) is 6.40. The summed E-state index contributed by atoms with van der Waals surface area (Å²) < 4.78 is 14.9. The van der Waals surface area contributed by atoms with Crippen LogP contribution in [0.25, 0.3) is 0 Å². The van der Waals surface area contributed by atoms with E-state index in [1.54, 1.807) is 24.5 Å². The Labute approximate surface area is 131 Å². The number of hydrogen-bond donors (Lipinski definition) is 1. The van der Waals surface area contributed by atoms with E-state index in [0.717, 1.165) is 11.3 Å². The van der Waals surface area contributed by atoms with Crippen molar-refractivity contribution in [1.82, 2.24) is 19.9 Å². The first kappa shape index (κ1) is 14.3. The van der Waals surface area contributed by atoms with E-state index in [2.05, 4.69) is 20.3 Å². The summed E-state index contributed by atoms with van der Waals surface area (Å²) in [7, 11) is 0. The molecule has 0 aliphatic carbocycles. The predicted octanol–water partition coefficient (Wildman–Crippen LogP) is 2.95. The van der Waals surface area contributed by atoms with Crippen LogP contribution < -0.4 is 0 Å². The van der Waals surface area contributed by atoms with Gasteiger partial charge < -0.3 is 0 Å². The Morgan fingerprint density at radius 3 is 2.77 bits per heavy atom. The number of H-pyrrole nitrogens is 1. The van der Waals surface area contributed by atoms with Crippen LogP contribution in [0.4, 0.5) is 4.39 Å². The number of pyridine rings is 1. The van der Waals surface area contributed by atoms with Gasteiger partial charge in [0.05, 0.1) is 11.9 Å². The molecule has 3 rings (SSSR count). The van der Waals surface area contributed by atoms with Crippen LogP contribution in [0, 0.1) is 10.6 Å². The topological polar surface area (TPSA) is 58.9 Å². The molecule has 0 radical (unpaired) electrons. The van der Waals surface area contributed by atoms with Crippen molar-refractivity contribution in [3.8, 4) is 0 Å². The number of aromatic amines is 1. The van der Waals surface area contributed by atoms with Gasteiger partial charge in [0, 0.05) is 12.6 Å². The second-order valence-electron chi connectivity index (χ2n) is 4.56. The minimum atomic E-state index is -0.268. The van der Waals surface area contributed by atoms with E-state index in [-0.39, 0.29) is 5.82 Å². The molecule has 0 spiro atoms. The number of nitrogens with zero attached hydrogens (tertiary/aromatic N) is 4. The van der Waals surface area contributed by atoms with Crippen LogP contribution in [0.2, 0.25) is 0 Å². The maximum Gasteiger partial charge on any atom is 0.216 e. The summed E-state index contributed by atoms with van der Waals surface area (Å²) in [6.45, 7) is 0. The average Bonchev–Trinajstić information content (AvgIpc) is 2.89. The first-order chi connectivity index (χ1) is 10.7. The molecule has 2 aromatic heterocycles. The third kappa shape index (κ3) is 3.32. The number of nitrogens with one attached hydrogen (secondary N) is 1. The van der Waals surface area contributed by atoms with Crippen LogP contribution in [0.5, 0.6) is 0 Å². The van der Waals surface area contributed by atoms with E-state index in [1.807, 2.05) is 18.2 Å². The normalized spacial score (nSPS) is 11.1. The summed E-state index contributed by atoms with van der Waals surface area (Å²) >= 11 is 5.18. The SMILES string of the molecule is Fc1ccc(Cc2n[nH]c(=S)n2/N=C\c2ccccn2)cc1. The van der Waals surface area contributed by atoms with Gasteiger partial charge in [0.2, 0.25) is 4.77 Å². The van der Waals surface area contributed by atoms with Crippen LogP contribution in [-0.2, 0) is 6.42 Å². The molecule has 0 bridgehead atoms. The highest BCUT2D eigenvalue weighted by atomic mass is 32.1. The fraction of sp³-hybridized carbons (Fsp3) is 0.0667. The van der Waals surface area contributed by atoms with Gasteiger partial charge in [0.25, 0.3) is 0 Å². The lowest BCUT2D eigenvalue weighted by molar-refractivity contribution is 0.627. The van der Waals surface area contributed by atoms with Gasteiger partial charge >= 0.3 is 0 Å². The zero-order chi connectivity index (χ0) is 15.4. The zero-order valence-electron chi connectivity index (χ0n) is 11.5. The van der Waals surface area contributed by atoms with Gasteiger partial charge in [-0.2, -0.15) is 14.9 Å². The monoisotopic (exact) mass is 313 g/mol. The number of halogens is 1. The Balaban J connectivity index is 1.86. The summed E-state index contributed by atoms with van der Waals surface area (Å²) in [5, 5.41) is 11.2. The molecule has 7 heteroatoms. The van der Waals surface area contributed by atoms with Gasteiger partial charge in [-0.25, -0.2) is 4.39 Å². The van der Waals surface area contributed by atoms with Crippen molar-refractivity contribution in [3.63, 3.8) is 0 Å². The summed E-state index contributed by atoms with van der Waals surface area (Å²) in [5.74, 6) is 0.375. The molecule has 1 aromatic carbocycles. The molecule has 0 fully saturated rings.